The van der Waals surface area contributed by atoms with Crippen LogP contribution in [-0.2, 0) is 11.2 Å². The van der Waals surface area contributed by atoms with Crippen LogP contribution in [0.5, 0.6) is 0 Å². The minimum atomic E-state index is 0.0865. The van der Waals surface area contributed by atoms with Crippen LogP contribution in [0.15, 0.2) is 35.8 Å². The standard InChI is InChI=1S/C19H23N3OS/c1-14-16-8-12-24-17(16)7-11-22(14)19(23)15-5-4-10-21(13-15)18-6-2-3-9-20-18/h2-3,6,8-9,12,14-15H,4-5,7,10-11,13H2,1H3/t14-,15-/m1/s1. The number of rotatable bonds is 2. The molecule has 2 aliphatic heterocycles. The Labute approximate surface area is 147 Å². The molecule has 1 amide bonds. The lowest BCUT2D eigenvalue weighted by molar-refractivity contribution is -0.138. The summed E-state index contributed by atoms with van der Waals surface area (Å²) in [4.78, 5) is 23.4. The van der Waals surface area contributed by atoms with E-state index in [0.717, 1.165) is 44.7 Å². The Balaban J connectivity index is 1.48. The highest BCUT2D eigenvalue weighted by molar-refractivity contribution is 7.10. The van der Waals surface area contributed by atoms with E-state index in [0.29, 0.717) is 5.91 Å². The quantitative estimate of drug-likeness (QED) is 0.839. The number of aromatic nitrogens is 1. The molecule has 2 aromatic rings. The normalized spacial score (nSPS) is 23.9. The Hall–Kier alpha value is -1.88. The van der Waals surface area contributed by atoms with Gasteiger partial charge < -0.3 is 9.80 Å². The average molecular weight is 341 g/mol. The molecule has 0 radical (unpaired) electrons. The van der Waals surface area contributed by atoms with E-state index in [-0.39, 0.29) is 12.0 Å². The molecule has 0 saturated carbocycles. The zero-order valence-corrected chi connectivity index (χ0v) is 14.8. The minimum absolute atomic E-state index is 0.0865. The highest BCUT2D eigenvalue weighted by Crippen LogP contribution is 2.34. The SMILES string of the molecule is C[C@@H]1c2ccsc2CCN1C(=O)[C@@H]1CCCN(c2ccccn2)C1. The molecule has 0 aromatic carbocycles. The number of thiophene rings is 1. The number of hydrogen-bond acceptors (Lipinski definition) is 4. The van der Waals surface area contributed by atoms with Gasteiger partial charge in [-0.25, -0.2) is 4.98 Å². The van der Waals surface area contributed by atoms with Crippen molar-refractivity contribution in [1.82, 2.24) is 9.88 Å². The summed E-state index contributed by atoms with van der Waals surface area (Å²) in [7, 11) is 0. The van der Waals surface area contributed by atoms with Gasteiger partial charge in [0.05, 0.1) is 12.0 Å². The summed E-state index contributed by atoms with van der Waals surface area (Å²) < 4.78 is 0. The predicted octanol–water partition coefficient (Wildman–Crippen LogP) is 3.51. The Morgan fingerprint density at radius 3 is 3.04 bits per heavy atom. The molecule has 4 heterocycles. The van der Waals surface area contributed by atoms with Crippen LogP contribution in [0.3, 0.4) is 0 Å². The molecule has 126 valence electrons. The van der Waals surface area contributed by atoms with Gasteiger partial charge in [-0.05, 0) is 55.3 Å². The van der Waals surface area contributed by atoms with Gasteiger partial charge in [0.2, 0.25) is 5.91 Å². The molecule has 0 unspecified atom stereocenters. The van der Waals surface area contributed by atoms with E-state index >= 15 is 0 Å². The van der Waals surface area contributed by atoms with E-state index in [2.05, 4.69) is 33.2 Å². The lowest BCUT2D eigenvalue weighted by atomic mass is 9.93. The van der Waals surface area contributed by atoms with Crippen molar-refractivity contribution >= 4 is 23.1 Å². The lowest BCUT2D eigenvalue weighted by Crippen LogP contribution is -2.47. The van der Waals surface area contributed by atoms with Crippen molar-refractivity contribution in [3.8, 4) is 0 Å². The monoisotopic (exact) mass is 341 g/mol. The van der Waals surface area contributed by atoms with Crippen molar-refractivity contribution in [3.05, 3.63) is 46.3 Å². The van der Waals surface area contributed by atoms with Gasteiger partial charge in [-0.2, -0.15) is 0 Å². The first-order valence-electron chi connectivity index (χ1n) is 8.77. The van der Waals surface area contributed by atoms with E-state index in [1.807, 2.05) is 35.7 Å². The number of pyridine rings is 1. The maximum Gasteiger partial charge on any atom is 0.227 e. The fourth-order valence-corrected chi connectivity index (χ4v) is 4.94. The fourth-order valence-electron chi connectivity index (χ4n) is 3.97. The smallest absolute Gasteiger partial charge is 0.227 e. The molecule has 24 heavy (non-hydrogen) atoms. The van der Waals surface area contributed by atoms with Crippen LogP contribution in [-0.4, -0.2) is 35.4 Å². The van der Waals surface area contributed by atoms with Gasteiger partial charge in [0.25, 0.3) is 0 Å². The summed E-state index contributed by atoms with van der Waals surface area (Å²) >= 11 is 1.82. The summed E-state index contributed by atoms with van der Waals surface area (Å²) in [5.41, 5.74) is 1.34. The highest BCUT2D eigenvalue weighted by Gasteiger charge is 2.34. The highest BCUT2D eigenvalue weighted by atomic mass is 32.1. The molecule has 0 aliphatic carbocycles. The number of fused-ring (bicyclic) bond motifs is 1. The number of amides is 1. The lowest BCUT2D eigenvalue weighted by Gasteiger charge is -2.39. The van der Waals surface area contributed by atoms with Gasteiger partial charge in [0.15, 0.2) is 0 Å². The first-order chi connectivity index (χ1) is 11.7. The third kappa shape index (κ3) is 2.81. The van der Waals surface area contributed by atoms with Gasteiger partial charge in [0.1, 0.15) is 5.82 Å². The molecular formula is C19H23N3OS. The van der Waals surface area contributed by atoms with Crippen molar-refractivity contribution in [1.29, 1.82) is 0 Å². The number of piperidine rings is 1. The Bertz CT molecular complexity index is 714. The van der Waals surface area contributed by atoms with E-state index in [9.17, 15) is 4.79 Å². The van der Waals surface area contributed by atoms with Crippen molar-refractivity contribution in [2.75, 3.05) is 24.5 Å². The third-order valence-electron chi connectivity index (χ3n) is 5.30. The summed E-state index contributed by atoms with van der Waals surface area (Å²) in [5.74, 6) is 1.39. The molecule has 1 fully saturated rings. The van der Waals surface area contributed by atoms with Crippen LogP contribution in [0, 0.1) is 5.92 Å². The molecule has 0 N–H and O–H groups in total. The maximum absolute atomic E-state index is 13.2. The second kappa shape index (κ2) is 6.55. The van der Waals surface area contributed by atoms with Crippen molar-refractivity contribution in [3.63, 3.8) is 0 Å². The Morgan fingerprint density at radius 2 is 2.21 bits per heavy atom. The van der Waals surface area contributed by atoms with Crippen LogP contribution in [0.4, 0.5) is 5.82 Å². The molecule has 0 bridgehead atoms. The third-order valence-corrected chi connectivity index (χ3v) is 6.30. The summed E-state index contributed by atoms with van der Waals surface area (Å²) in [5, 5.41) is 2.15. The number of hydrogen-bond donors (Lipinski definition) is 0. The van der Waals surface area contributed by atoms with Crippen LogP contribution in [0.2, 0.25) is 0 Å². The molecule has 2 aromatic heterocycles. The van der Waals surface area contributed by atoms with Gasteiger partial charge in [-0.15, -0.1) is 11.3 Å². The average Bonchev–Trinajstić information content (AvgIpc) is 3.12. The molecule has 2 aliphatic rings. The topological polar surface area (TPSA) is 36.4 Å². The predicted molar refractivity (Wildman–Crippen MR) is 97.3 cm³/mol. The molecular weight excluding hydrogens is 318 g/mol. The minimum Gasteiger partial charge on any atom is -0.356 e. The molecule has 4 nitrogen and oxygen atoms in total. The van der Waals surface area contributed by atoms with Crippen molar-refractivity contribution in [2.45, 2.75) is 32.2 Å². The van der Waals surface area contributed by atoms with Crippen LogP contribution < -0.4 is 4.90 Å². The molecule has 5 heteroatoms. The van der Waals surface area contributed by atoms with Gasteiger partial charge in [-0.1, -0.05) is 6.07 Å². The summed E-state index contributed by atoms with van der Waals surface area (Å²) in [6.07, 6.45) is 4.87. The van der Waals surface area contributed by atoms with E-state index in [1.54, 1.807) is 0 Å². The molecule has 4 rings (SSSR count). The zero-order chi connectivity index (χ0) is 16.5. The Kier molecular flexibility index (Phi) is 4.27. The first-order valence-corrected chi connectivity index (χ1v) is 9.64. The first kappa shape index (κ1) is 15.6. The Morgan fingerprint density at radius 1 is 1.29 bits per heavy atom. The number of carbonyl (C=O) groups excluding carboxylic acids is 1. The van der Waals surface area contributed by atoms with Crippen LogP contribution in [0.25, 0.3) is 0 Å². The van der Waals surface area contributed by atoms with E-state index in [4.69, 9.17) is 0 Å². The number of carbonyl (C=O) groups is 1. The van der Waals surface area contributed by atoms with Gasteiger partial charge >= 0.3 is 0 Å². The number of nitrogens with zero attached hydrogens (tertiary/aromatic N) is 3. The van der Waals surface area contributed by atoms with Crippen molar-refractivity contribution < 1.29 is 4.79 Å². The summed E-state index contributed by atoms with van der Waals surface area (Å²) in [6.45, 7) is 4.80. The van der Waals surface area contributed by atoms with E-state index < -0.39 is 0 Å². The van der Waals surface area contributed by atoms with Crippen LogP contribution in [0.1, 0.15) is 36.2 Å². The summed E-state index contributed by atoms with van der Waals surface area (Å²) in [6, 6.07) is 8.37. The largest absolute Gasteiger partial charge is 0.356 e. The van der Waals surface area contributed by atoms with Crippen LogP contribution >= 0.6 is 11.3 Å². The maximum atomic E-state index is 13.2. The fraction of sp³-hybridized carbons (Fsp3) is 0.474. The molecule has 2 atom stereocenters. The van der Waals surface area contributed by atoms with E-state index in [1.165, 1.54) is 10.4 Å². The molecule has 1 saturated heterocycles. The second-order valence-electron chi connectivity index (χ2n) is 6.73. The van der Waals surface area contributed by atoms with Crippen molar-refractivity contribution in [2.24, 2.45) is 5.92 Å². The van der Waals surface area contributed by atoms with Gasteiger partial charge in [-0.3, -0.25) is 4.79 Å². The van der Waals surface area contributed by atoms with Gasteiger partial charge in [0, 0.05) is 30.7 Å². The molecule has 0 spiro atoms. The second-order valence-corrected chi connectivity index (χ2v) is 7.73. The zero-order valence-electron chi connectivity index (χ0n) is 14.0. The number of anilines is 1.